The fraction of sp³-hybridized carbons (Fsp3) is 0.500. The molecule has 1 N–H and O–H groups in total. The van der Waals surface area contributed by atoms with Gasteiger partial charge in [0.05, 0.1) is 12.7 Å². The lowest BCUT2D eigenvalue weighted by atomic mass is 9.83. The van der Waals surface area contributed by atoms with Gasteiger partial charge in [-0.2, -0.15) is 0 Å². The molecule has 1 unspecified atom stereocenters. The smallest absolute Gasteiger partial charge is 0.152 e. The Morgan fingerprint density at radius 1 is 1.39 bits per heavy atom. The average molecular weight is 311 g/mol. The molecular formula is C12H17Cl2O3P. The lowest BCUT2D eigenvalue weighted by molar-refractivity contribution is 0.00909. The van der Waals surface area contributed by atoms with E-state index in [4.69, 9.17) is 37.4 Å². The molecular weight excluding hydrogens is 294 g/mol. The van der Waals surface area contributed by atoms with Crippen LogP contribution in [0.4, 0.5) is 0 Å². The summed E-state index contributed by atoms with van der Waals surface area (Å²) in [5.41, 5.74) is 0.478. The average Bonchev–Trinajstić information content (AvgIpc) is 2.26. The second-order valence-corrected chi connectivity index (χ2v) is 5.94. The predicted molar refractivity (Wildman–Crippen MR) is 76.5 cm³/mol. The highest BCUT2D eigenvalue weighted by Crippen LogP contribution is 2.43. The van der Waals surface area contributed by atoms with Gasteiger partial charge in [0.1, 0.15) is 0 Å². The molecule has 0 aliphatic carbocycles. The van der Waals surface area contributed by atoms with E-state index in [1.165, 1.54) is 0 Å². The van der Waals surface area contributed by atoms with E-state index in [0.717, 1.165) is 5.56 Å². The van der Waals surface area contributed by atoms with Crippen molar-refractivity contribution >= 4 is 32.2 Å². The highest BCUT2D eigenvalue weighted by molar-refractivity contribution is 7.25. The molecule has 0 heterocycles. The van der Waals surface area contributed by atoms with Gasteiger partial charge in [0.2, 0.25) is 0 Å². The highest BCUT2D eigenvalue weighted by Gasteiger charge is 2.33. The summed E-state index contributed by atoms with van der Waals surface area (Å²) < 4.78 is 10.6. The Morgan fingerprint density at radius 2 is 2.06 bits per heavy atom. The van der Waals surface area contributed by atoms with Crippen molar-refractivity contribution in [2.45, 2.75) is 20.0 Å². The third kappa shape index (κ3) is 4.06. The molecule has 3 nitrogen and oxygen atoms in total. The molecule has 0 spiro atoms. The van der Waals surface area contributed by atoms with Crippen LogP contribution < -0.4 is 0 Å². The Kier molecular flexibility index (Phi) is 6.32. The molecule has 0 aliphatic rings. The van der Waals surface area contributed by atoms with E-state index in [0.29, 0.717) is 16.7 Å². The van der Waals surface area contributed by atoms with E-state index in [1.807, 2.05) is 19.9 Å². The lowest BCUT2D eigenvalue weighted by Crippen LogP contribution is -2.28. The molecule has 0 radical (unpaired) electrons. The Morgan fingerprint density at radius 3 is 2.56 bits per heavy atom. The van der Waals surface area contributed by atoms with Crippen LogP contribution in [0, 0.1) is 5.41 Å². The normalized spacial score (nSPS) is 14.3. The molecule has 0 bridgehead atoms. The third-order valence-corrected chi connectivity index (χ3v) is 3.55. The van der Waals surface area contributed by atoms with Crippen molar-refractivity contribution in [2.24, 2.45) is 5.41 Å². The van der Waals surface area contributed by atoms with Crippen molar-refractivity contribution in [1.82, 2.24) is 0 Å². The molecule has 0 amide bonds. The molecule has 2 atom stereocenters. The zero-order chi connectivity index (χ0) is 13.8. The summed E-state index contributed by atoms with van der Waals surface area (Å²) in [6.07, 6.45) is -0.356. The lowest BCUT2D eigenvalue weighted by Gasteiger charge is -2.33. The maximum absolute atomic E-state index is 9.07. The summed E-state index contributed by atoms with van der Waals surface area (Å²) in [7, 11) is 1.02. The summed E-state index contributed by atoms with van der Waals surface area (Å²) in [5, 5.41) is 1.09. The number of rotatable bonds is 6. The van der Waals surface area contributed by atoms with E-state index in [9.17, 15) is 0 Å². The summed E-state index contributed by atoms with van der Waals surface area (Å²) in [4.78, 5) is 9.07. The van der Waals surface area contributed by atoms with Gasteiger partial charge in [0, 0.05) is 28.1 Å². The minimum Gasteiger partial charge on any atom is -0.384 e. The molecule has 6 heteroatoms. The van der Waals surface area contributed by atoms with E-state index >= 15 is 0 Å². The minimum absolute atomic E-state index is 0.318. The number of hydrogen-bond donors (Lipinski definition) is 1. The molecule has 1 rings (SSSR count). The van der Waals surface area contributed by atoms with Gasteiger partial charge in [-0.05, 0) is 12.1 Å². The van der Waals surface area contributed by atoms with Gasteiger partial charge < -0.3 is 14.2 Å². The molecule has 18 heavy (non-hydrogen) atoms. The highest BCUT2D eigenvalue weighted by atomic mass is 35.5. The summed E-state index contributed by atoms with van der Waals surface area (Å²) in [6, 6.07) is 5.23. The van der Waals surface area contributed by atoms with Crippen LogP contribution in [0.2, 0.25) is 10.0 Å². The Hall–Kier alpha value is 0.110. The van der Waals surface area contributed by atoms with Gasteiger partial charge in [-0.25, -0.2) is 0 Å². The number of methoxy groups -OCH3 is 1. The van der Waals surface area contributed by atoms with Crippen LogP contribution in [0.1, 0.15) is 25.5 Å². The maximum Gasteiger partial charge on any atom is 0.152 e. The van der Waals surface area contributed by atoms with Crippen molar-refractivity contribution in [3.63, 3.8) is 0 Å². The van der Waals surface area contributed by atoms with E-state index < -0.39 is 9.03 Å². The molecule has 0 saturated heterocycles. The van der Waals surface area contributed by atoms with Gasteiger partial charge in [0.15, 0.2) is 9.03 Å². The topological polar surface area (TPSA) is 38.7 Å². The van der Waals surface area contributed by atoms with Gasteiger partial charge in [0.25, 0.3) is 0 Å². The Labute approximate surface area is 119 Å². The number of benzene rings is 1. The zero-order valence-corrected chi connectivity index (χ0v) is 13.0. The molecule has 1 aromatic rings. The second-order valence-electron chi connectivity index (χ2n) is 4.68. The first-order valence-corrected chi connectivity index (χ1v) is 7.02. The van der Waals surface area contributed by atoms with Crippen LogP contribution in [0.5, 0.6) is 0 Å². The van der Waals surface area contributed by atoms with E-state index in [2.05, 4.69) is 0 Å². The SMILES string of the molecule is COCC(C)(C)[C@@H](OPO)c1ccc(Cl)cc1Cl. The summed E-state index contributed by atoms with van der Waals surface area (Å²) >= 11 is 12.1. The van der Waals surface area contributed by atoms with Crippen molar-refractivity contribution in [3.05, 3.63) is 33.8 Å². The number of halogens is 2. The molecule has 0 saturated carbocycles. The molecule has 1 aromatic carbocycles. The fourth-order valence-corrected chi connectivity index (χ4v) is 2.92. The molecule has 102 valence electrons. The monoisotopic (exact) mass is 310 g/mol. The number of ether oxygens (including phenoxy) is 1. The van der Waals surface area contributed by atoms with E-state index in [1.54, 1.807) is 19.2 Å². The van der Waals surface area contributed by atoms with Crippen molar-refractivity contribution in [3.8, 4) is 0 Å². The van der Waals surface area contributed by atoms with Crippen LogP contribution >= 0.6 is 32.2 Å². The maximum atomic E-state index is 9.07. The zero-order valence-electron chi connectivity index (χ0n) is 10.5. The van der Waals surface area contributed by atoms with Crippen molar-refractivity contribution in [2.75, 3.05) is 13.7 Å². The first kappa shape index (κ1) is 16.2. The molecule has 0 fully saturated rings. The Bertz CT molecular complexity index is 399. The van der Waals surface area contributed by atoms with Crippen LogP contribution in [0.15, 0.2) is 18.2 Å². The number of hydrogen-bond acceptors (Lipinski definition) is 3. The standard InChI is InChI=1S/C12H17Cl2O3P/c1-12(2,7-16-3)11(17-18-15)9-5-4-8(13)6-10(9)14/h4-6,11,15,18H,7H2,1-3H3/t11-/m0/s1. The van der Waals surface area contributed by atoms with Gasteiger partial charge in [-0.1, -0.05) is 43.1 Å². The van der Waals surface area contributed by atoms with Crippen LogP contribution in [0.3, 0.4) is 0 Å². The van der Waals surface area contributed by atoms with Crippen molar-refractivity contribution < 1.29 is 14.2 Å². The van der Waals surface area contributed by atoms with Crippen LogP contribution in [0.25, 0.3) is 0 Å². The van der Waals surface area contributed by atoms with Crippen LogP contribution in [-0.4, -0.2) is 18.6 Å². The Balaban J connectivity index is 3.11. The quantitative estimate of drug-likeness (QED) is 0.799. The summed E-state index contributed by atoms with van der Waals surface area (Å²) in [5.74, 6) is 0. The van der Waals surface area contributed by atoms with E-state index in [-0.39, 0.29) is 11.5 Å². The van der Waals surface area contributed by atoms with Gasteiger partial charge >= 0.3 is 0 Å². The fourth-order valence-electron chi connectivity index (χ4n) is 1.86. The van der Waals surface area contributed by atoms with Crippen molar-refractivity contribution in [1.29, 1.82) is 0 Å². The summed E-state index contributed by atoms with van der Waals surface area (Å²) in [6.45, 7) is 4.47. The first-order valence-electron chi connectivity index (χ1n) is 5.41. The predicted octanol–water partition coefficient (Wildman–Crippen LogP) is 4.22. The van der Waals surface area contributed by atoms with Gasteiger partial charge in [-0.3, -0.25) is 0 Å². The molecule has 0 aromatic heterocycles. The molecule has 0 aliphatic heterocycles. The largest absolute Gasteiger partial charge is 0.384 e. The second kappa shape index (κ2) is 7.04. The van der Waals surface area contributed by atoms with Gasteiger partial charge in [-0.15, -0.1) is 0 Å². The minimum atomic E-state index is -0.612. The third-order valence-electron chi connectivity index (χ3n) is 2.64. The van der Waals surface area contributed by atoms with Crippen LogP contribution in [-0.2, 0) is 9.26 Å². The first-order chi connectivity index (χ1) is 8.42.